The topological polar surface area (TPSA) is 95.8 Å². The third kappa shape index (κ3) is 15.1. The van der Waals surface area contributed by atoms with Crippen LogP contribution in [0.25, 0.3) is 0 Å². The Bertz CT molecular complexity index is 564. The first kappa shape index (κ1) is 33.3. The fraction of sp³-hybridized carbons (Fsp3) is 0.455. The average molecular weight is 586 g/mol. The fourth-order valence-electron chi connectivity index (χ4n) is 2.47. The van der Waals surface area contributed by atoms with E-state index in [9.17, 15) is 9.13 Å². The molecule has 184 valence electrons. The molecule has 0 saturated heterocycles. The van der Waals surface area contributed by atoms with Crippen molar-refractivity contribution in [3.05, 3.63) is 63.2 Å². The quantitative estimate of drug-likeness (QED) is 0.155. The molecule has 2 saturated carbocycles. The van der Waals surface area contributed by atoms with Crippen molar-refractivity contribution in [2.45, 2.75) is 27.7 Å². The van der Waals surface area contributed by atoms with Crippen LogP contribution in [-0.2, 0) is 46.7 Å². The van der Waals surface area contributed by atoms with Crippen LogP contribution in [0.1, 0.15) is 27.7 Å². The summed E-state index contributed by atoms with van der Waals surface area (Å²) in [4.78, 5) is 8.17. The Morgan fingerprint density at radius 2 is 0.909 bits per heavy atom. The van der Waals surface area contributed by atoms with E-state index in [4.69, 9.17) is 18.1 Å². The molecule has 8 nitrogen and oxygen atoms in total. The van der Waals surface area contributed by atoms with Gasteiger partial charge in [-0.2, -0.15) is 0 Å². The zero-order valence-electron chi connectivity index (χ0n) is 19.6. The van der Waals surface area contributed by atoms with E-state index in [2.05, 4.69) is 9.98 Å². The van der Waals surface area contributed by atoms with Crippen LogP contribution in [0.5, 0.6) is 0 Å². The van der Waals surface area contributed by atoms with E-state index in [-0.39, 0.29) is 32.0 Å². The van der Waals surface area contributed by atoms with E-state index in [0.717, 1.165) is 11.8 Å². The number of aliphatic imine (C=N–C) groups is 2. The van der Waals surface area contributed by atoms with Crippen LogP contribution in [0, 0.1) is 63.2 Å². The smallest absolute Gasteiger partial charge is 0.308 e. The second-order valence-corrected chi connectivity index (χ2v) is 10.3. The van der Waals surface area contributed by atoms with Crippen molar-refractivity contribution in [2.75, 3.05) is 39.0 Å². The Hall–Kier alpha value is 0.263. The Balaban J connectivity index is 0.000000602. The molecule has 2 fully saturated rings. The molecule has 0 aliphatic heterocycles. The van der Waals surface area contributed by atoms with E-state index >= 15 is 0 Å². The first-order valence-corrected chi connectivity index (χ1v) is 14.0. The van der Waals surface area contributed by atoms with Crippen molar-refractivity contribution < 1.29 is 46.7 Å². The van der Waals surface area contributed by atoms with Crippen LogP contribution in [0.15, 0.2) is 9.98 Å². The van der Waals surface area contributed by atoms with Crippen LogP contribution < -0.4 is 0 Å². The number of rotatable bonds is 14. The van der Waals surface area contributed by atoms with E-state index < -0.39 is 15.2 Å². The number of nitrogens with zero attached hydrogens (tertiary/aromatic N) is 2. The van der Waals surface area contributed by atoms with Crippen LogP contribution in [0.3, 0.4) is 0 Å². The Morgan fingerprint density at radius 3 is 1.15 bits per heavy atom. The molecular weight excluding hydrogens is 551 g/mol. The molecule has 0 spiro atoms. The molecule has 0 atom stereocenters. The predicted molar refractivity (Wildman–Crippen MR) is 129 cm³/mol. The molecule has 2 aliphatic rings. The summed E-state index contributed by atoms with van der Waals surface area (Å²) in [5, 5.41) is 0. The van der Waals surface area contributed by atoms with Gasteiger partial charge in [-0.25, -0.2) is 0 Å². The predicted octanol–water partition coefficient (Wildman–Crippen LogP) is 5.37. The molecule has 0 bridgehead atoms. The summed E-state index contributed by atoms with van der Waals surface area (Å²) < 4.78 is 44.4. The molecular formula is C22H34N2O6P2Ru+2. The third-order valence-corrected chi connectivity index (χ3v) is 7.30. The van der Waals surface area contributed by atoms with E-state index in [1.165, 1.54) is 0 Å². The van der Waals surface area contributed by atoms with Gasteiger partial charge in [0.1, 0.15) is 12.6 Å². The second-order valence-electron chi connectivity index (χ2n) is 6.24. The molecule has 0 heterocycles. The molecule has 10 radical (unpaired) electrons. The van der Waals surface area contributed by atoms with Crippen molar-refractivity contribution in [3.63, 3.8) is 0 Å². The van der Waals surface area contributed by atoms with Crippen molar-refractivity contribution in [1.82, 2.24) is 0 Å². The molecule has 0 unspecified atom stereocenters. The van der Waals surface area contributed by atoms with Crippen molar-refractivity contribution in [1.29, 1.82) is 0 Å². The van der Waals surface area contributed by atoms with Crippen molar-refractivity contribution >= 4 is 27.6 Å². The van der Waals surface area contributed by atoms with E-state index in [1.54, 1.807) is 40.1 Å². The van der Waals surface area contributed by atoms with Crippen LogP contribution in [0.2, 0.25) is 0 Å². The SMILES string of the molecule is CCOP(=O)(C/N=C/[C]1[CH][CH][CH][CH]1)OCC.CCOP(=O)(C/N=C/[C]1[CH][CH][CH][CH]1)OCC.[Ru+2]. The number of hydrogen-bond donors (Lipinski definition) is 0. The summed E-state index contributed by atoms with van der Waals surface area (Å²) in [6, 6.07) is 0. The van der Waals surface area contributed by atoms with Gasteiger partial charge in [0.15, 0.2) is 0 Å². The Kier molecular flexibility index (Phi) is 19.6. The number of hydrogen-bond acceptors (Lipinski definition) is 8. The zero-order valence-corrected chi connectivity index (χ0v) is 23.1. The summed E-state index contributed by atoms with van der Waals surface area (Å²) in [7, 11) is -6.07. The van der Waals surface area contributed by atoms with Gasteiger partial charge in [0, 0.05) is 24.3 Å². The van der Waals surface area contributed by atoms with Gasteiger partial charge < -0.3 is 18.1 Å². The van der Waals surface area contributed by atoms with Crippen LogP contribution in [-0.4, -0.2) is 51.4 Å². The molecule has 0 N–H and O–H groups in total. The Labute approximate surface area is 213 Å². The Morgan fingerprint density at radius 1 is 0.636 bits per heavy atom. The first-order valence-electron chi connectivity index (χ1n) is 10.6. The van der Waals surface area contributed by atoms with Crippen LogP contribution in [0.4, 0.5) is 0 Å². The maximum Gasteiger partial charge on any atom is 2.00 e. The monoisotopic (exact) mass is 586 g/mol. The second kappa shape index (κ2) is 19.5. The average Bonchev–Trinajstić information content (AvgIpc) is 3.43. The molecule has 0 amide bonds. The minimum Gasteiger partial charge on any atom is -0.308 e. The summed E-state index contributed by atoms with van der Waals surface area (Å²) in [5.41, 5.74) is 0. The van der Waals surface area contributed by atoms with Gasteiger partial charge in [-0.3, -0.25) is 19.1 Å². The summed E-state index contributed by atoms with van der Waals surface area (Å²) in [6.07, 6.45) is 18.9. The maximum atomic E-state index is 12.0. The fourth-order valence-corrected chi connectivity index (χ4v) is 5.08. The molecule has 0 aromatic rings. The maximum absolute atomic E-state index is 12.0. The minimum atomic E-state index is -3.04. The van der Waals surface area contributed by atoms with Gasteiger partial charge in [0.2, 0.25) is 0 Å². The van der Waals surface area contributed by atoms with Gasteiger partial charge >= 0.3 is 34.7 Å². The molecule has 2 rings (SSSR count). The minimum absolute atomic E-state index is 0. The van der Waals surface area contributed by atoms with Gasteiger partial charge in [0.05, 0.1) is 26.4 Å². The van der Waals surface area contributed by atoms with Crippen molar-refractivity contribution in [2.24, 2.45) is 9.98 Å². The summed E-state index contributed by atoms with van der Waals surface area (Å²) in [6.45, 7) is 8.59. The van der Waals surface area contributed by atoms with E-state index in [0.29, 0.717) is 26.4 Å². The molecule has 33 heavy (non-hydrogen) atoms. The van der Waals surface area contributed by atoms with Crippen molar-refractivity contribution in [3.8, 4) is 0 Å². The molecule has 2 aliphatic carbocycles. The molecule has 0 aromatic heterocycles. The zero-order chi connectivity index (χ0) is 23.7. The first-order chi connectivity index (χ1) is 15.4. The third-order valence-electron chi connectivity index (χ3n) is 3.67. The standard InChI is InChI=1S/2C11H17NO3P.Ru/c2*1-3-14-16(13,15-4-2)10-12-9-11-7-5-6-8-11;/h2*5-9H,3-4,10H2,1-2H3;/q;;+2/b2*12-9+;. The van der Waals surface area contributed by atoms with Crippen LogP contribution >= 0.6 is 15.2 Å². The molecule has 0 aromatic carbocycles. The van der Waals surface area contributed by atoms with Gasteiger partial charge in [0.25, 0.3) is 0 Å². The van der Waals surface area contributed by atoms with E-state index in [1.807, 2.05) is 51.4 Å². The molecule has 11 heteroatoms. The van der Waals surface area contributed by atoms with Gasteiger partial charge in [-0.1, -0.05) is 0 Å². The summed E-state index contributed by atoms with van der Waals surface area (Å²) >= 11 is 0. The summed E-state index contributed by atoms with van der Waals surface area (Å²) in [5.74, 6) is 1.97. The van der Waals surface area contributed by atoms with Gasteiger partial charge in [-0.15, -0.1) is 0 Å². The largest absolute Gasteiger partial charge is 2.00 e. The normalized spacial score (nSPS) is 18.1. The van der Waals surface area contributed by atoms with Gasteiger partial charge in [-0.05, 0) is 79.1 Å².